The van der Waals surface area contributed by atoms with E-state index in [0.29, 0.717) is 18.2 Å². The minimum absolute atomic E-state index is 0.190. The molecular weight excluding hydrogens is 220 g/mol. The maximum Gasteiger partial charge on any atom is 0.267 e. The second-order valence-corrected chi connectivity index (χ2v) is 4.38. The number of carbonyl (C=O) groups is 1. The van der Waals surface area contributed by atoms with Crippen LogP contribution >= 0.6 is 0 Å². The first-order valence-electron chi connectivity index (χ1n) is 5.77. The molecule has 0 bridgehead atoms. The molecule has 0 saturated carbocycles. The van der Waals surface area contributed by atoms with Crippen LogP contribution < -0.4 is 5.32 Å². The Labute approximate surface area is 101 Å². The summed E-state index contributed by atoms with van der Waals surface area (Å²) in [4.78, 5) is 14.3. The van der Waals surface area contributed by atoms with Gasteiger partial charge < -0.3 is 20.1 Å². The summed E-state index contributed by atoms with van der Waals surface area (Å²) in [5, 5.41) is 12.2. The largest absolute Gasteiger partial charge is 0.389 e. The Hall–Kier alpha value is -1.33. The highest BCUT2D eigenvalue weighted by molar-refractivity contribution is 5.92. The van der Waals surface area contributed by atoms with Crippen LogP contribution in [0.5, 0.6) is 0 Å². The number of aromatic nitrogens is 1. The van der Waals surface area contributed by atoms with E-state index in [1.807, 2.05) is 13.8 Å². The van der Waals surface area contributed by atoms with Crippen LogP contribution in [0, 0.1) is 5.92 Å². The van der Waals surface area contributed by atoms with E-state index in [1.54, 1.807) is 18.3 Å². The third-order valence-electron chi connectivity index (χ3n) is 2.10. The van der Waals surface area contributed by atoms with Crippen molar-refractivity contribution in [3.05, 3.63) is 24.0 Å². The quantitative estimate of drug-likeness (QED) is 0.659. The monoisotopic (exact) mass is 240 g/mol. The van der Waals surface area contributed by atoms with Gasteiger partial charge >= 0.3 is 0 Å². The highest BCUT2D eigenvalue weighted by atomic mass is 16.5. The molecule has 1 atom stereocenters. The number of amides is 1. The van der Waals surface area contributed by atoms with Crippen molar-refractivity contribution < 1.29 is 14.6 Å². The number of aromatic amines is 1. The number of nitrogens with one attached hydrogen (secondary N) is 2. The van der Waals surface area contributed by atoms with E-state index in [4.69, 9.17) is 4.74 Å². The van der Waals surface area contributed by atoms with Crippen LogP contribution in [-0.2, 0) is 4.74 Å². The van der Waals surface area contributed by atoms with Gasteiger partial charge in [-0.2, -0.15) is 0 Å². The summed E-state index contributed by atoms with van der Waals surface area (Å²) in [5.41, 5.74) is 0.486. The zero-order chi connectivity index (χ0) is 12.7. The molecule has 3 N–H and O–H groups in total. The SMILES string of the molecule is CC(C)COC[C@@H](O)CNC(=O)c1ccc[nH]1. The Kier molecular flexibility index (Phi) is 5.72. The van der Waals surface area contributed by atoms with Gasteiger partial charge in [0, 0.05) is 19.3 Å². The van der Waals surface area contributed by atoms with Crippen molar-refractivity contribution in [3.63, 3.8) is 0 Å². The molecule has 0 aliphatic heterocycles. The van der Waals surface area contributed by atoms with Crippen LogP contribution in [0.15, 0.2) is 18.3 Å². The predicted octanol–water partition coefficient (Wildman–Crippen LogP) is 0.778. The number of hydrogen-bond acceptors (Lipinski definition) is 3. The minimum Gasteiger partial charge on any atom is -0.389 e. The van der Waals surface area contributed by atoms with Crippen molar-refractivity contribution in [2.75, 3.05) is 19.8 Å². The third kappa shape index (κ3) is 5.51. The first-order chi connectivity index (χ1) is 8.09. The van der Waals surface area contributed by atoms with Crippen LogP contribution in [-0.4, -0.2) is 41.9 Å². The lowest BCUT2D eigenvalue weighted by Gasteiger charge is -2.13. The number of hydrogen-bond donors (Lipinski definition) is 3. The fourth-order valence-corrected chi connectivity index (χ4v) is 1.28. The lowest BCUT2D eigenvalue weighted by Crippen LogP contribution is -2.35. The van der Waals surface area contributed by atoms with Crippen molar-refractivity contribution >= 4 is 5.91 Å². The van der Waals surface area contributed by atoms with Crippen LogP contribution in [0.4, 0.5) is 0 Å². The van der Waals surface area contributed by atoms with E-state index in [0.717, 1.165) is 0 Å². The van der Waals surface area contributed by atoms with Gasteiger partial charge in [0.2, 0.25) is 0 Å². The number of H-pyrrole nitrogens is 1. The summed E-state index contributed by atoms with van der Waals surface area (Å²) in [6.45, 7) is 5.12. The van der Waals surface area contributed by atoms with Crippen LogP contribution in [0.2, 0.25) is 0 Å². The lowest BCUT2D eigenvalue weighted by atomic mass is 10.2. The van der Waals surface area contributed by atoms with Gasteiger partial charge in [-0.1, -0.05) is 13.8 Å². The van der Waals surface area contributed by atoms with E-state index in [2.05, 4.69) is 10.3 Å². The molecule has 0 spiro atoms. The molecule has 17 heavy (non-hydrogen) atoms. The average molecular weight is 240 g/mol. The Morgan fingerprint density at radius 2 is 2.29 bits per heavy atom. The van der Waals surface area contributed by atoms with Crippen LogP contribution in [0.3, 0.4) is 0 Å². The van der Waals surface area contributed by atoms with Crippen molar-refractivity contribution in [3.8, 4) is 0 Å². The highest BCUT2D eigenvalue weighted by Gasteiger charge is 2.09. The number of ether oxygens (including phenoxy) is 1. The maximum atomic E-state index is 11.5. The molecule has 1 aromatic rings. The standard InChI is InChI=1S/C12H20N2O3/c1-9(2)7-17-8-10(15)6-14-12(16)11-4-3-5-13-11/h3-5,9-10,13,15H,6-8H2,1-2H3,(H,14,16)/t10-/m0/s1. The Morgan fingerprint density at radius 3 is 2.88 bits per heavy atom. The van der Waals surface area contributed by atoms with Crippen LogP contribution in [0.1, 0.15) is 24.3 Å². The molecule has 0 aliphatic carbocycles. The van der Waals surface area contributed by atoms with Crippen molar-refractivity contribution in [2.24, 2.45) is 5.92 Å². The molecule has 0 unspecified atom stereocenters. The molecule has 1 heterocycles. The second kappa shape index (κ2) is 7.09. The topological polar surface area (TPSA) is 74.3 Å². The summed E-state index contributed by atoms with van der Waals surface area (Å²) in [5.74, 6) is 0.216. The molecule has 0 aromatic carbocycles. The molecule has 1 aromatic heterocycles. The van der Waals surface area contributed by atoms with E-state index < -0.39 is 6.10 Å². The summed E-state index contributed by atoms with van der Waals surface area (Å²) in [6, 6.07) is 3.42. The highest BCUT2D eigenvalue weighted by Crippen LogP contribution is 1.95. The maximum absolute atomic E-state index is 11.5. The Morgan fingerprint density at radius 1 is 1.53 bits per heavy atom. The number of carbonyl (C=O) groups excluding carboxylic acids is 1. The molecule has 1 amide bonds. The second-order valence-electron chi connectivity index (χ2n) is 4.38. The van der Waals surface area contributed by atoms with E-state index >= 15 is 0 Å². The van der Waals surface area contributed by atoms with E-state index in [1.165, 1.54) is 0 Å². The molecule has 5 nitrogen and oxygen atoms in total. The molecule has 0 fully saturated rings. The summed E-state index contributed by atoms with van der Waals surface area (Å²) >= 11 is 0. The zero-order valence-electron chi connectivity index (χ0n) is 10.3. The molecule has 0 saturated heterocycles. The number of aliphatic hydroxyl groups is 1. The zero-order valence-corrected chi connectivity index (χ0v) is 10.3. The summed E-state index contributed by atoms with van der Waals surface area (Å²) < 4.78 is 5.27. The van der Waals surface area contributed by atoms with Gasteiger partial charge in [0.25, 0.3) is 5.91 Å². The van der Waals surface area contributed by atoms with Gasteiger partial charge in [-0.15, -0.1) is 0 Å². The van der Waals surface area contributed by atoms with Crippen molar-refractivity contribution in [1.82, 2.24) is 10.3 Å². The Balaban J connectivity index is 2.15. The van der Waals surface area contributed by atoms with Gasteiger partial charge in [-0.25, -0.2) is 0 Å². The number of aliphatic hydroxyl groups excluding tert-OH is 1. The first kappa shape index (κ1) is 13.7. The minimum atomic E-state index is -0.673. The van der Waals surface area contributed by atoms with Gasteiger partial charge in [0.1, 0.15) is 5.69 Å². The normalized spacial score (nSPS) is 12.7. The average Bonchev–Trinajstić information content (AvgIpc) is 2.78. The van der Waals surface area contributed by atoms with Crippen LogP contribution in [0.25, 0.3) is 0 Å². The van der Waals surface area contributed by atoms with Gasteiger partial charge in [-0.3, -0.25) is 4.79 Å². The fraction of sp³-hybridized carbons (Fsp3) is 0.583. The van der Waals surface area contributed by atoms with Crippen molar-refractivity contribution in [1.29, 1.82) is 0 Å². The lowest BCUT2D eigenvalue weighted by molar-refractivity contribution is 0.0259. The fourth-order valence-electron chi connectivity index (χ4n) is 1.28. The molecule has 5 heteroatoms. The van der Waals surface area contributed by atoms with E-state index in [-0.39, 0.29) is 19.1 Å². The predicted molar refractivity (Wildman–Crippen MR) is 64.8 cm³/mol. The number of rotatable bonds is 7. The van der Waals surface area contributed by atoms with Gasteiger partial charge in [0.05, 0.1) is 12.7 Å². The van der Waals surface area contributed by atoms with Gasteiger partial charge in [0.15, 0.2) is 0 Å². The van der Waals surface area contributed by atoms with Gasteiger partial charge in [-0.05, 0) is 18.1 Å². The third-order valence-corrected chi connectivity index (χ3v) is 2.10. The summed E-state index contributed by atoms with van der Waals surface area (Å²) in [6.07, 6.45) is 1.00. The molecule has 0 radical (unpaired) electrons. The molecular formula is C12H20N2O3. The molecule has 0 aliphatic rings. The first-order valence-corrected chi connectivity index (χ1v) is 5.77. The van der Waals surface area contributed by atoms with E-state index in [9.17, 15) is 9.90 Å². The smallest absolute Gasteiger partial charge is 0.267 e. The molecule has 96 valence electrons. The Bertz CT molecular complexity index is 323. The van der Waals surface area contributed by atoms with Crippen molar-refractivity contribution in [2.45, 2.75) is 20.0 Å². The summed E-state index contributed by atoms with van der Waals surface area (Å²) in [7, 11) is 0. The molecule has 1 rings (SSSR count).